The molecule has 32 heavy (non-hydrogen) atoms. The second-order valence-corrected chi connectivity index (χ2v) is 7.89. The number of nitrogens with one attached hydrogen (secondary N) is 2. The van der Waals surface area contributed by atoms with E-state index >= 15 is 0 Å². The number of primary amides is 1. The minimum Gasteiger partial charge on any atom is -0.370 e. The van der Waals surface area contributed by atoms with Crippen LogP contribution in [0.4, 0.5) is 11.5 Å². The fourth-order valence-electron chi connectivity index (χ4n) is 3.47. The first-order valence-electron chi connectivity index (χ1n) is 10.5. The molecule has 1 fully saturated rings. The smallest absolute Gasteiger partial charge is 0.313 e. The maximum absolute atomic E-state index is 12.5. The minimum atomic E-state index is -0.721. The molecule has 9 heteroatoms. The summed E-state index contributed by atoms with van der Waals surface area (Å²) >= 11 is 0. The van der Waals surface area contributed by atoms with E-state index in [0.717, 1.165) is 11.1 Å². The molecule has 0 saturated carbocycles. The van der Waals surface area contributed by atoms with Gasteiger partial charge < -0.3 is 21.3 Å². The van der Waals surface area contributed by atoms with Gasteiger partial charge in [-0.2, -0.15) is 0 Å². The summed E-state index contributed by atoms with van der Waals surface area (Å²) in [6.45, 7) is 2.58. The number of hydrogen-bond acceptors (Lipinski definition) is 5. The van der Waals surface area contributed by atoms with Crippen LogP contribution < -0.4 is 16.4 Å². The molecule has 9 nitrogen and oxygen atoms in total. The van der Waals surface area contributed by atoms with Crippen LogP contribution in [0.2, 0.25) is 0 Å². The Balaban J connectivity index is 1.46. The summed E-state index contributed by atoms with van der Waals surface area (Å²) in [6, 6.07) is 10.5. The molecule has 2 heterocycles. The lowest BCUT2D eigenvalue weighted by atomic mass is 9.96. The van der Waals surface area contributed by atoms with E-state index in [0.29, 0.717) is 43.9 Å². The lowest BCUT2D eigenvalue weighted by molar-refractivity contribution is -0.144. The highest BCUT2D eigenvalue weighted by molar-refractivity contribution is 6.39. The van der Waals surface area contributed by atoms with Crippen molar-refractivity contribution in [2.45, 2.75) is 32.6 Å². The molecule has 0 radical (unpaired) electrons. The van der Waals surface area contributed by atoms with Crippen molar-refractivity contribution in [3.63, 3.8) is 0 Å². The third kappa shape index (κ3) is 6.37. The number of aromatic nitrogens is 1. The largest absolute Gasteiger partial charge is 0.370 e. The summed E-state index contributed by atoms with van der Waals surface area (Å²) in [4.78, 5) is 53.8. The Bertz CT molecular complexity index is 980. The normalized spacial score (nSPS) is 14.0. The summed E-state index contributed by atoms with van der Waals surface area (Å²) in [6.07, 6.45) is 3.41. The molecule has 0 bridgehead atoms. The molecule has 3 rings (SSSR count). The van der Waals surface area contributed by atoms with Gasteiger partial charge in [0.2, 0.25) is 11.8 Å². The lowest BCUT2D eigenvalue weighted by Crippen LogP contribution is -2.45. The monoisotopic (exact) mass is 437 g/mol. The third-order valence-corrected chi connectivity index (χ3v) is 5.38. The predicted octanol–water partition coefficient (Wildman–Crippen LogP) is 1.62. The highest BCUT2D eigenvalue weighted by atomic mass is 16.2. The van der Waals surface area contributed by atoms with Gasteiger partial charge in [-0.15, -0.1) is 0 Å². The number of rotatable bonds is 6. The number of benzene rings is 1. The van der Waals surface area contributed by atoms with Gasteiger partial charge in [-0.05, 0) is 55.5 Å². The standard InChI is InChI=1S/C23H27N5O4/c1-15-2-9-20(25-14-15)27-21(30)17-10-12-28(13-11-17)23(32)22(31)26-18-6-3-16(4-7-18)5-8-19(24)29/h2-4,6-7,9,14,17H,5,8,10-13H2,1H3,(H2,24,29)(H,26,31)(H,25,27,30). The van der Waals surface area contributed by atoms with Crippen LogP contribution in [0.3, 0.4) is 0 Å². The fourth-order valence-corrected chi connectivity index (χ4v) is 3.47. The molecule has 1 aliphatic rings. The summed E-state index contributed by atoms with van der Waals surface area (Å²) in [7, 11) is 0. The van der Waals surface area contributed by atoms with Crippen molar-refractivity contribution in [1.29, 1.82) is 0 Å². The van der Waals surface area contributed by atoms with Crippen LogP contribution in [-0.4, -0.2) is 46.6 Å². The molecule has 1 aromatic heterocycles. The number of nitrogens with zero attached hydrogens (tertiary/aromatic N) is 2. The van der Waals surface area contributed by atoms with Gasteiger partial charge in [-0.25, -0.2) is 4.98 Å². The summed E-state index contributed by atoms with van der Waals surface area (Å²) in [5.74, 6) is -1.59. The molecular formula is C23H27N5O4. The zero-order chi connectivity index (χ0) is 23.1. The van der Waals surface area contributed by atoms with Crippen LogP contribution in [-0.2, 0) is 25.6 Å². The van der Waals surface area contributed by atoms with Crippen molar-refractivity contribution in [2.24, 2.45) is 11.7 Å². The minimum absolute atomic E-state index is 0.130. The molecule has 0 atom stereocenters. The molecule has 1 aromatic carbocycles. The third-order valence-electron chi connectivity index (χ3n) is 5.38. The van der Waals surface area contributed by atoms with Crippen molar-refractivity contribution in [3.8, 4) is 0 Å². The molecular weight excluding hydrogens is 410 g/mol. The Morgan fingerprint density at radius 2 is 1.72 bits per heavy atom. The van der Waals surface area contributed by atoms with Gasteiger partial charge in [-0.1, -0.05) is 18.2 Å². The molecule has 1 aliphatic heterocycles. The van der Waals surface area contributed by atoms with E-state index in [4.69, 9.17) is 5.73 Å². The van der Waals surface area contributed by atoms with Crippen LogP contribution in [0.15, 0.2) is 42.6 Å². The number of hydrogen-bond donors (Lipinski definition) is 3. The number of piperidine rings is 1. The zero-order valence-corrected chi connectivity index (χ0v) is 18.0. The molecule has 1 saturated heterocycles. The van der Waals surface area contributed by atoms with Crippen LogP contribution >= 0.6 is 0 Å². The number of amides is 4. The fraction of sp³-hybridized carbons (Fsp3) is 0.348. The first-order chi connectivity index (χ1) is 15.3. The SMILES string of the molecule is Cc1ccc(NC(=O)C2CCN(C(=O)C(=O)Nc3ccc(CCC(N)=O)cc3)CC2)nc1. The van der Waals surface area contributed by atoms with E-state index in [1.54, 1.807) is 36.5 Å². The van der Waals surface area contributed by atoms with Crippen LogP contribution in [0.25, 0.3) is 0 Å². The van der Waals surface area contributed by atoms with Gasteiger partial charge in [0.05, 0.1) is 0 Å². The van der Waals surface area contributed by atoms with E-state index in [1.807, 2.05) is 13.0 Å². The highest BCUT2D eigenvalue weighted by Gasteiger charge is 2.30. The van der Waals surface area contributed by atoms with E-state index in [9.17, 15) is 19.2 Å². The molecule has 0 aliphatic carbocycles. The van der Waals surface area contributed by atoms with E-state index < -0.39 is 11.8 Å². The molecule has 4 amide bonds. The van der Waals surface area contributed by atoms with Crippen LogP contribution in [0.5, 0.6) is 0 Å². The second-order valence-electron chi connectivity index (χ2n) is 7.89. The quantitative estimate of drug-likeness (QED) is 0.591. The first-order valence-corrected chi connectivity index (χ1v) is 10.5. The highest BCUT2D eigenvalue weighted by Crippen LogP contribution is 2.20. The predicted molar refractivity (Wildman–Crippen MR) is 119 cm³/mol. The maximum Gasteiger partial charge on any atom is 0.313 e. The number of pyridine rings is 1. The molecule has 2 aromatic rings. The van der Waals surface area contributed by atoms with Crippen molar-refractivity contribution >= 4 is 35.1 Å². The molecule has 0 unspecified atom stereocenters. The number of carbonyl (C=O) groups excluding carboxylic acids is 4. The van der Waals surface area contributed by atoms with Gasteiger partial charge in [0.15, 0.2) is 0 Å². The first kappa shape index (κ1) is 22.9. The summed E-state index contributed by atoms with van der Waals surface area (Å²) in [5, 5.41) is 5.39. The average molecular weight is 438 g/mol. The number of nitrogens with two attached hydrogens (primary N) is 1. The van der Waals surface area contributed by atoms with E-state index in [1.165, 1.54) is 4.90 Å². The Labute approximate surface area is 186 Å². The average Bonchev–Trinajstić information content (AvgIpc) is 2.79. The summed E-state index contributed by atoms with van der Waals surface area (Å²) in [5.41, 5.74) is 7.55. The number of carbonyl (C=O) groups is 4. The van der Waals surface area contributed by atoms with Crippen molar-refractivity contribution in [2.75, 3.05) is 23.7 Å². The molecule has 168 valence electrons. The lowest BCUT2D eigenvalue weighted by Gasteiger charge is -2.30. The van der Waals surface area contributed by atoms with Gasteiger partial charge in [0.1, 0.15) is 5.82 Å². The van der Waals surface area contributed by atoms with Gasteiger partial charge in [0.25, 0.3) is 0 Å². The Morgan fingerprint density at radius 3 is 2.31 bits per heavy atom. The zero-order valence-electron chi connectivity index (χ0n) is 18.0. The van der Waals surface area contributed by atoms with Crippen molar-refractivity contribution in [3.05, 3.63) is 53.7 Å². The van der Waals surface area contributed by atoms with Crippen molar-refractivity contribution in [1.82, 2.24) is 9.88 Å². The Kier molecular flexibility index (Phi) is 7.54. The Hall–Kier alpha value is -3.75. The van der Waals surface area contributed by atoms with Crippen molar-refractivity contribution < 1.29 is 19.2 Å². The number of likely N-dealkylation sites (tertiary alicyclic amines) is 1. The van der Waals surface area contributed by atoms with E-state index in [-0.39, 0.29) is 24.2 Å². The van der Waals surface area contributed by atoms with Gasteiger partial charge in [-0.3, -0.25) is 19.2 Å². The Morgan fingerprint density at radius 1 is 1.03 bits per heavy atom. The van der Waals surface area contributed by atoms with Crippen LogP contribution in [0, 0.1) is 12.8 Å². The summed E-state index contributed by atoms with van der Waals surface area (Å²) < 4.78 is 0. The topological polar surface area (TPSA) is 134 Å². The second kappa shape index (κ2) is 10.5. The maximum atomic E-state index is 12.5. The van der Waals surface area contributed by atoms with Crippen LogP contribution in [0.1, 0.15) is 30.4 Å². The molecule has 4 N–H and O–H groups in total. The number of anilines is 2. The van der Waals surface area contributed by atoms with Gasteiger partial charge >= 0.3 is 11.8 Å². The molecule has 0 spiro atoms. The number of aryl methyl sites for hydroxylation is 2. The van der Waals surface area contributed by atoms with Gasteiger partial charge in [0, 0.05) is 37.3 Å². The van der Waals surface area contributed by atoms with E-state index in [2.05, 4.69) is 15.6 Å².